The molecule has 1 aromatic rings. The highest BCUT2D eigenvalue weighted by Crippen LogP contribution is 2.25. The first-order valence-corrected chi connectivity index (χ1v) is 5.04. The third kappa shape index (κ3) is 3.26. The molecule has 0 saturated heterocycles. The molecule has 0 spiro atoms. The van der Waals surface area contributed by atoms with Gasteiger partial charge in [-0.05, 0) is 18.2 Å². The molecule has 0 aliphatic rings. The molecule has 0 heterocycles. The van der Waals surface area contributed by atoms with Crippen LogP contribution in [0.3, 0.4) is 0 Å². The van der Waals surface area contributed by atoms with Crippen LogP contribution in [0.15, 0.2) is 23.1 Å². The van der Waals surface area contributed by atoms with Crippen LogP contribution in [0.25, 0.3) is 0 Å². The molecule has 0 aliphatic heterocycles. The summed E-state index contributed by atoms with van der Waals surface area (Å²) in [6, 6.07) is 4.19. The number of carbonyl (C=O) groups is 1. The molecule has 0 bridgehead atoms. The summed E-state index contributed by atoms with van der Waals surface area (Å²) in [4.78, 5) is 11.2. The molecule has 0 aliphatic carbocycles. The highest BCUT2D eigenvalue weighted by atomic mass is 32.2. The Morgan fingerprint density at radius 2 is 2.21 bits per heavy atom. The molecule has 1 rings (SSSR count). The molecule has 1 amide bonds. The predicted octanol–water partition coefficient (Wildman–Crippen LogP) is 1.38. The molecular formula is C9H11FN2OS. The number of hydrogen-bond donors (Lipinski definition) is 2. The summed E-state index contributed by atoms with van der Waals surface area (Å²) in [7, 11) is 0. The Balaban J connectivity index is 2.55. The third-order valence-corrected chi connectivity index (χ3v) is 2.67. The van der Waals surface area contributed by atoms with Crippen LogP contribution < -0.4 is 11.5 Å². The second kappa shape index (κ2) is 4.85. The first-order chi connectivity index (χ1) is 6.59. The molecule has 0 radical (unpaired) electrons. The highest BCUT2D eigenvalue weighted by molar-refractivity contribution is 7.99. The average Bonchev–Trinajstić information content (AvgIpc) is 2.08. The van der Waals surface area contributed by atoms with Gasteiger partial charge in [0, 0.05) is 22.8 Å². The van der Waals surface area contributed by atoms with Gasteiger partial charge < -0.3 is 11.5 Å². The maximum absolute atomic E-state index is 12.6. The van der Waals surface area contributed by atoms with E-state index in [2.05, 4.69) is 0 Å². The first-order valence-electron chi connectivity index (χ1n) is 4.05. The molecule has 0 saturated carbocycles. The summed E-state index contributed by atoms with van der Waals surface area (Å²) in [5.74, 6) is -0.148. The van der Waals surface area contributed by atoms with Crippen LogP contribution in [0.5, 0.6) is 0 Å². The molecular weight excluding hydrogens is 203 g/mol. The van der Waals surface area contributed by atoms with Crippen molar-refractivity contribution in [3.05, 3.63) is 24.0 Å². The minimum absolute atomic E-state index is 0.293. The highest BCUT2D eigenvalue weighted by Gasteiger charge is 2.02. The largest absolute Gasteiger partial charge is 0.398 e. The zero-order valence-electron chi connectivity index (χ0n) is 7.50. The van der Waals surface area contributed by atoms with Crippen molar-refractivity contribution in [1.82, 2.24) is 0 Å². The van der Waals surface area contributed by atoms with Gasteiger partial charge in [0.15, 0.2) is 0 Å². The zero-order chi connectivity index (χ0) is 10.6. The Hall–Kier alpha value is -1.23. The average molecular weight is 214 g/mol. The number of rotatable bonds is 4. The lowest BCUT2D eigenvalue weighted by molar-refractivity contribution is -0.117. The lowest BCUT2D eigenvalue weighted by atomic mass is 10.3. The van der Waals surface area contributed by atoms with E-state index in [4.69, 9.17) is 11.5 Å². The Bertz CT molecular complexity index is 344. The molecule has 0 atom stereocenters. The van der Waals surface area contributed by atoms with Crippen LogP contribution >= 0.6 is 11.8 Å². The zero-order valence-corrected chi connectivity index (χ0v) is 8.31. The van der Waals surface area contributed by atoms with Crippen molar-refractivity contribution >= 4 is 23.4 Å². The summed E-state index contributed by atoms with van der Waals surface area (Å²) in [6.07, 6.45) is 0.293. The van der Waals surface area contributed by atoms with Crippen LogP contribution in [0.1, 0.15) is 6.42 Å². The van der Waals surface area contributed by atoms with Crippen molar-refractivity contribution in [2.75, 3.05) is 11.5 Å². The lowest BCUT2D eigenvalue weighted by Gasteiger charge is -2.03. The fraction of sp³-hybridized carbons (Fsp3) is 0.222. The predicted molar refractivity (Wildman–Crippen MR) is 55.3 cm³/mol. The van der Waals surface area contributed by atoms with E-state index in [9.17, 15) is 9.18 Å². The van der Waals surface area contributed by atoms with Gasteiger partial charge in [-0.1, -0.05) is 0 Å². The normalized spacial score (nSPS) is 10.1. The standard InChI is InChI=1S/C9H11FN2OS/c10-6-1-2-8(7(11)5-6)14-4-3-9(12)13/h1-2,5H,3-4,11H2,(H2,12,13). The van der Waals surface area contributed by atoms with Crippen molar-refractivity contribution in [1.29, 1.82) is 0 Å². The topological polar surface area (TPSA) is 69.1 Å². The van der Waals surface area contributed by atoms with E-state index >= 15 is 0 Å². The minimum atomic E-state index is -0.359. The van der Waals surface area contributed by atoms with Crippen LogP contribution in [-0.4, -0.2) is 11.7 Å². The van der Waals surface area contributed by atoms with Crippen LogP contribution in [0.4, 0.5) is 10.1 Å². The summed E-state index contributed by atoms with van der Waals surface area (Å²) >= 11 is 1.39. The number of halogens is 1. The molecule has 0 unspecified atom stereocenters. The van der Waals surface area contributed by atoms with Gasteiger partial charge in [-0.3, -0.25) is 4.79 Å². The van der Waals surface area contributed by atoms with Gasteiger partial charge >= 0.3 is 0 Å². The van der Waals surface area contributed by atoms with Crippen molar-refractivity contribution < 1.29 is 9.18 Å². The van der Waals surface area contributed by atoms with Crippen molar-refractivity contribution in [3.8, 4) is 0 Å². The lowest BCUT2D eigenvalue weighted by Crippen LogP contribution is -2.10. The monoisotopic (exact) mass is 214 g/mol. The summed E-state index contributed by atoms with van der Waals surface area (Å²) in [5, 5.41) is 0. The number of nitrogens with two attached hydrogens (primary N) is 2. The number of anilines is 1. The van der Waals surface area contributed by atoms with Gasteiger partial charge in [0.25, 0.3) is 0 Å². The SMILES string of the molecule is NC(=O)CCSc1ccc(F)cc1N. The first kappa shape index (κ1) is 10.8. The van der Waals surface area contributed by atoms with Crippen molar-refractivity contribution in [2.24, 2.45) is 5.73 Å². The van der Waals surface area contributed by atoms with Crippen molar-refractivity contribution in [2.45, 2.75) is 11.3 Å². The number of amides is 1. The van der Waals surface area contributed by atoms with E-state index in [0.717, 1.165) is 4.90 Å². The molecule has 14 heavy (non-hydrogen) atoms. The van der Waals surface area contributed by atoms with E-state index in [1.807, 2.05) is 0 Å². The number of thioether (sulfide) groups is 1. The Labute approximate surface area is 85.7 Å². The van der Waals surface area contributed by atoms with Gasteiger partial charge in [-0.15, -0.1) is 11.8 Å². The Morgan fingerprint density at radius 3 is 2.79 bits per heavy atom. The second-order valence-electron chi connectivity index (χ2n) is 2.75. The molecule has 0 fully saturated rings. The van der Waals surface area contributed by atoms with E-state index in [-0.39, 0.29) is 11.7 Å². The number of nitrogen functional groups attached to an aromatic ring is 1. The molecule has 0 aromatic heterocycles. The molecule has 76 valence electrons. The van der Waals surface area contributed by atoms with Gasteiger partial charge in [0.1, 0.15) is 5.82 Å². The number of benzene rings is 1. The Kier molecular flexibility index (Phi) is 3.76. The molecule has 4 N–H and O–H groups in total. The smallest absolute Gasteiger partial charge is 0.218 e. The van der Waals surface area contributed by atoms with Gasteiger partial charge in [-0.25, -0.2) is 4.39 Å². The molecule has 5 heteroatoms. The van der Waals surface area contributed by atoms with Gasteiger partial charge in [0.2, 0.25) is 5.91 Å². The van der Waals surface area contributed by atoms with Crippen LogP contribution in [-0.2, 0) is 4.79 Å². The van der Waals surface area contributed by atoms with E-state index in [1.54, 1.807) is 6.07 Å². The number of primary amides is 1. The van der Waals surface area contributed by atoms with Crippen LogP contribution in [0.2, 0.25) is 0 Å². The fourth-order valence-corrected chi connectivity index (χ4v) is 1.83. The quantitative estimate of drug-likeness (QED) is 0.587. The molecule has 1 aromatic carbocycles. The number of carbonyl (C=O) groups excluding carboxylic acids is 1. The second-order valence-corrected chi connectivity index (χ2v) is 3.88. The molecule has 3 nitrogen and oxygen atoms in total. The summed E-state index contributed by atoms with van der Waals surface area (Å²) in [5.41, 5.74) is 10.9. The summed E-state index contributed by atoms with van der Waals surface area (Å²) < 4.78 is 12.6. The third-order valence-electron chi connectivity index (χ3n) is 1.58. The fourth-order valence-electron chi connectivity index (χ4n) is 0.912. The van der Waals surface area contributed by atoms with Gasteiger partial charge in [0.05, 0.1) is 0 Å². The van der Waals surface area contributed by atoms with E-state index in [0.29, 0.717) is 17.9 Å². The maximum Gasteiger partial charge on any atom is 0.218 e. The maximum atomic E-state index is 12.6. The van der Waals surface area contributed by atoms with Crippen molar-refractivity contribution in [3.63, 3.8) is 0 Å². The Morgan fingerprint density at radius 1 is 1.50 bits per heavy atom. The van der Waals surface area contributed by atoms with Gasteiger partial charge in [-0.2, -0.15) is 0 Å². The summed E-state index contributed by atoms with van der Waals surface area (Å²) in [6.45, 7) is 0. The minimum Gasteiger partial charge on any atom is -0.398 e. The van der Waals surface area contributed by atoms with Crippen LogP contribution in [0, 0.1) is 5.82 Å². The van der Waals surface area contributed by atoms with E-state index in [1.165, 1.54) is 23.9 Å². The number of hydrogen-bond acceptors (Lipinski definition) is 3. The van der Waals surface area contributed by atoms with E-state index < -0.39 is 0 Å².